The SMILES string of the molecule is OC(CC1CCOCC1)c1cccc2ccccc12. The summed E-state index contributed by atoms with van der Waals surface area (Å²) < 4.78 is 5.38. The Morgan fingerprint density at radius 2 is 1.79 bits per heavy atom. The number of aliphatic hydroxyl groups excluding tert-OH is 1. The molecule has 0 aliphatic carbocycles. The molecule has 2 aromatic carbocycles. The van der Waals surface area contributed by atoms with Crippen LogP contribution in [0.2, 0.25) is 0 Å². The van der Waals surface area contributed by atoms with E-state index in [2.05, 4.69) is 18.2 Å². The minimum absolute atomic E-state index is 0.366. The largest absolute Gasteiger partial charge is 0.388 e. The van der Waals surface area contributed by atoms with Crippen molar-refractivity contribution in [3.63, 3.8) is 0 Å². The number of rotatable bonds is 3. The van der Waals surface area contributed by atoms with Crippen molar-refractivity contribution in [3.8, 4) is 0 Å². The molecule has 3 rings (SSSR count). The van der Waals surface area contributed by atoms with Crippen molar-refractivity contribution in [2.75, 3.05) is 13.2 Å². The highest BCUT2D eigenvalue weighted by Crippen LogP contribution is 2.31. The van der Waals surface area contributed by atoms with Gasteiger partial charge in [0, 0.05) is 13.2 Å². The zero-order valence-electron chi connectivity index (χ0n) is 11.1. The first-order valence-electron chi connectivity index (χ1n) is 7.08. The Balaban J connectivity index is 1.82. The van der Waals surface area contributed by atoms with Gasteiger partial charge >= 0.3 is 0 Å². The quantitative estimate of drug-likeness (QED) is 0.907. The summed E-state index contributed by atoms with van der Waals surface area (Å²) in [6.45, 7) is 1.68. The molecule has 1 aliphatic rings. The van der Waals surface area contributed by atoms with Gasteiger partial charge in [-0.15, -0.1) is 0 Å². The maximum atomic E-state index is 10.5. The van der Waals surface area contributed by atoms with E-state index in [0.29, 0.717) is 5.92 Å². The normalized spacial score (nSPS) is 18.6. The van der Waals surface area contributed by atoms with Crippen LogP contribution < -0.4 is 0 Å². The van der Waals surface area contributed by atoms with Crippen molar-refractivity contribution in [1.82, 2.24) is 0 Å². The zero-order valence-corrected chi connectivity index (χ0v) is 11.1. The monoisotopic (exact) mass is 256 g/mol. The number of fused-ring (bicyclic) bond motifs is 1. The van der Waals surface area contributed by atoms with Crippen LogP contribution in [-0.2, 0) is 4.74 Å². The average Bonchev–Trinajstić information content (AvgIpc) is 2.47. The standard InChI is InChI=1S/C17H20O2/c18-17(12-13-8-10-19-11-9-13)16-7-3-5-14-4-1-2-6-15(14)16/h1-7,13,17-18H,8-12H2. The second kappa shape index (κ2) is 5.72. The van der Waals surface area contributed by atoms with Crippen LogP contribution in [0.5, 0.6) is 0 Å². The summed E-state index contributed by atoms with van der Waals surface area (Å²) >= 11 is 0. The van der Waals surface area contributed by atoms with Gasteiger partial charge in [0.25, 0.3) is 0 Å². The molecular weight excluding hydrogens is 236 g/mol. The van der Waals surface area contributed by atoms with Gasteiger partial charge in [0.15, 0.2) is 0 Å². The van der Waals surface area contributed by atoms with Gasteiger partial charge in [0.2, 0.25) is 0 Å². The molecule has 1 unspecified atom stereocenters. The molecule has 0 aromatic heterocycles. The molecular formula is C17H20O2. The first kappa shape index (κ1) is 12.6. The lowest BCUT2D eigenvalue weighted by Gasteiger charge is -2.25. The third-order valence-corrected chi connectivity index (χ3v) is 4.08. The fourth-order valence-electron chi connectivity index (χ4n) is 2.97. The van der Waals surface area contributed by atoms with Gasteiger partial charge in [-0.3, -0.25) is 0 Å². The molecule has 19 heavy (non-hydrogen) atoms. The van der Waals surface area contributed by atoms with Crippen molar-refractivity contribution < 1.29 is 9.84 Å². The number of aliphatic hydroxyl groups is 1. The maximum absolute atomic E-state index is 10.5. The maximum Gasteiger partial charge on any atom is 0.0798 e. The van der Waals surface area contributed by atoms with E-state index in [4.69, 9.17) is 4.74 Å². The molecule has 0 bridgehead atoms. The second-order valence-electron chi connectivity index (χ2n) is 5.38. The average molecular weight is 256 g/mol. The molecule has 2 heteroatoms. The molecule has 1 N–H and O–H groups in total. The predicted molar refractivity (Wildman–Crippen MR) is 77.1 cm³/mol. The van der Waals surface area contributed by atoms with E-state index < -0.39 is 0 Å². The summed E-state index contributed by atoms with van der Waals surface area (Å²) in [6, 6.07) is 14.4. The summed E-state index contributed by atoms with van der Waals surface area (Å²) in [5.41, 5.74) is 1.06. The fraction of sp³-hybridized carbons (Fsp3) is 0.412. The lowest BCUT2D eigenvalue weighted by Crippen LogP contribution is -2.18. The van der Waals surface area contributed by atoms with Crippen LogP contribution in [0.4, 0.5) is 0 Å². The fourth-order valence-corrected chi connectivity index (χ4v) is 2.97. The van der Waals surface area contributed by atoms with Gasteiger partial charge in [-0.2, -0.15) is 0 Å². The molecule has 1 fully saturated rings. The predicted octanol–water partition coefficient (Wildman–Crippen LogP) is 3.69. The number of benzene rings is 2. The molecule has 0 radical (unpaired) electrons. The smallest absolute Gasteiger partial charge is 0.0798 e. The third kappa shape index (κ3) is 2.80. The Morgan fingerprint density at radius 1 is 1.05 bits per heavy atom. The van der Waals surface area contributed by atoms with Crippen molar-refractivity contribution in [1.29, 1.82) is 0 Å². The molecule has 1 atom stereocenters. The number of hydrogen-bond donors (Lipinski definition) is 1. The minimum atomic E-state index is -0.366. The first-order chi connectivity index (χ1) is 9.34. The second-order valence-corrected chi connectivity index (χ2v) is 5.38. The summed E-state index contributed by atoms with van der Waals surface area (Å²) in [6.07, 6.45) is 2.62. The van der Waals surface area contributed by atoms with Gasteiger partial charge in [0.1, 0.15) is 0 Å². The Labute approximate surface area is 114 Å². The van der Waals surface area contributed by atoms with Gasteiger partial charge < -0.3 is 9.84 Å². The van der Waals surface area contributed by atoms with Gasteiger partial charge in [-0.1, -0.05) is 42.5 Å². The minimum Gasteiger partial charge on any atom is -0.388 e. The van der Waals surface area contributed by atoms with Crippen molar-refractivity contribution in [2.45, 2.75) is 25.4 Å². The molecule has 2 nitrogen and oxygen atoms in total. The summed E-state index contributed by atoms with van der Waals surface area (Å²) in [7, 11) is 0. The Morgan fingerprint density at radius 3 is 2.63 bits per heavy atom. The molecule has 2 aromatic rings. The topological polar surface area (TPSA) is 29.5 Å². The van der Waals surface area contributed by atoms with E-state index in [1.54, 1.807) is 0 Å². The highest BCUT2D eigenvalue weighted by atomic mass is 16.5. The van der Waals surface area contributed by atoms with Crippen LogP contribution in [0.25, 0.3) is 10.8 Å². The Kier molecular flexibility index (Phi) is 3.81. The molecule has 0 saturated carbocycles. The van der Waals surface area contributed by atoms with Crippen LogP contribution in [0.3, 0.4) is 0 Å². The molecule has 100 valence electrons. The van der Waals surface area contributed by atoms with E-state index in [9.17, 15) is 5.11 Å². The first-order valence-corrected chi connectivity index (χ1v) is 7.08. The van der Waals surface area contributed by atoms with Crippen LogP contribution in [-0.4, -0.2) is 18.3 Å². The van der Waals surface area contributed by atoms with Crippen LogP contribution in [0.15, 0.2) is 42.5 Å². The molecule has 1 heterocycles. The lowest BCUT2D eigenvalue weighted by molar-refractivity contribution is 0.0438. The lowest BCUT2D eigenvalue weighted by atomic mass is 9.89. The van der Waals surface area contributed by atoms with Crippen LogP contribution >= 0.6 is 0 Å². The summed E-state index contributed by atoms with van der Waals surface area (Å²) in [5, 5.41) is 12.9. The molecule has 1 saturated heterocycles. The van der Waals surface area contributed by atoms with E-state index >= 15 is 0 Å². The third-order valence-electron chi connectivity index (χ3n) is 4.08. The highest BCUT2D eigenvalue weighted by Gasteiger charge is 2.19. The van der Waals surface area contributed by atoms with Crippen molar-refractivity contribution in [2.24, 2.45) is 5.92 Å². The zero-order chi connectivity index (χ0) is 13.1. The summed E-state index contributed by atoms with van der Waals surface area (Å²) in [5.74, 6) is 0.586. The van der Waals surface area contributed by atoms with Crippen LogP contribution in [0.1, 0.15) is 30.9 Å². The van der Waals surface area contributed by atoms with E-state index in [1.165, 1.54) is 10.8 Å². The van der Waals surface area contributed by atoms with Gasteiger partial charge in [-0.25, -0.2) is 0 Å². The van der Waals surface area contributed by atoms with Crippen molar-refractivity contribution >= 4 is 10.8 Å². The van der Waals surface area contributed by atoms with E-state index in [1.807, 2.05) is 24.3 Å². The Bertz CT molecular complexity index is 538. The molecule has 0 amide bonds. The van der Waals surface area contributed by atoms with Gasteiger partial charge in [0.05, 0.1) is 6.10 Å². The van der Waals surface area contributed by atoms with E-state index in [0.717, 1.165) is 38.0 Å². The van der Waals surface area contributed by atoms with Crippen molar-refractivity contribution in [3.05, 3.63) is 48.0 Å². The highest BCUT2D eigenvalue weighted by molar-refractivity contribution is 5.85. The Hall–Kier alpha value is -1.38. The van der Waals surface area contributed by atoms with Gasteiger partial charge in [-0.05, 0) is 41.5 Å². The van der Waals surface area contributed by atoms with E-state index in [-0.39, 0.29) is 6.10 Å². The number of ether oxygens (including phenoxy) is 1. The molecule has 1 aliphatic heterocycles. The summed E-state index contributed by atoms with van der Waals surface area (Å²) in [4.78, 5) is 0. The number of hydrogen-bond acceptors (Lipinski definition) is 2. The molecule has 0 spiro atoms. The van der Waals surface area contributed by atoms with Crippen LogP contribution in [0, 0.1) is 5.92 Å².